The van der Waals surface area contributed by atoms with E-state index in [1.165, 1.54) is 0 Å². The Bertz CT molecular complexity index is 1600. The molecule has 204 valence electrons. The number of benzene rings is 2. The highest BCUT2D eigenvalue weighted by Crippen LogP contribution is 2.31. The van der Waals surface area contributed by atoms with Gasteiger partial charge in [0.25, 0.3) is 5.56 Å². The van der Waals surface area contributed by atoms with Crippen molar-refractivity contribution in [1.82, 2.24) is 35.1 Å². The zero-order valence-corrected chi connectivity index (χ0v) is 22.8. The fourth-order valence-electron chi connectivity index (χ4n) is 5.71. The van der Waals surface area contributed by atoms with Crippen LogP contribution in [-0.4, -0.2) is 47.8 Å². The topological polar surface area (TPSA) is 102 Å². The summed E-state index contributed by atoms with van der Waals surface area (Å²) in [7, 11) is 0. The molecular formula is C31H33N7O2. The van der Waals surface area contributed by atoms with Crippen LogP contribution in [0, 0.1) is 13.8 Å². The zero-order chi connectivity index (χ0) is 27.5. The van der Waals surface area contributed by atoms with Crippen molar-refractivity contribution in [2.24, 2.45) is 0 Å². The number of tetrazole rings is 1. The van der Waals surface area contributed by atoms with Crippen molar-refractivity contribution in [2.75, 3.05) is 6.61 Å². The second-order valence-electron chi connectivity index (χ2n) is 10.6. The quantitative estimate of drug-likeness (QED) is 0.297. The van der Waals surface area contributed by atoms with Crippen molar-refractivity contribution in [3.8, 4) is 0 Å². The second-order valence-corrected chi connectivity index (χ2v) is 10.6. The van der Waals surface area contributed by atoms with E-state index in [4.69, 9.17) is 4.74 Å². The summed E-state index contributed by atoms with van der Waals surface area (Å²) >= 11 is 0. The van der Waals surface area contributed by atoms with E-state index >= 15 is 0 Å². The Morgan fingerprint density at radius 1 is 1.07 bits per heavy atom. The summed E-state index contributed by atoms with van der Waals surface area (Å²) < 4.78 is 7.73. The summed E-state index contributed by atoms with van der Waals surface area (Å²) in [5, 5.41) is 14.0. The number of aromatic nitrogens is 6. The summed E-state index contributed by atoms with van der Waals surface area (Å²) in [4.78, 5) is 23.6. The van der Waals surface area contributed by atoms with Crippen LogP contribution in [0.5, 0.6) is 0 Å². The highest BCUT2D eigenvalue weighted by molar-refractivity contribution is 5.83. The summed E-state index contributed by atoms with van der Waals surface area (Å²) in [5.41, 5.74) is 5.62. The Hall–Kier alpha value is -4.21. The van der Waals surface area contributed by atoms with Crippen molar-refractivity contribution >= 4 is 10.9 Å². The molecule has 2 atom stereocenters. The lowest BCUT2D eigenvalue weighted by atomic mass is 9.99. The largest absolute Gasteiger partial charge is 0.376 e. The number of nitrogens with zero attached hydrogens (tertiary/aromatic N) is 6. The van der Waals surface area contributed by atoms with E-state index in [2.05, 4.69) is 67.6 Å². The molecule has 40 heavy (non-hydrogen) atoms. The van der Waals surface area contributed by atoms with Gasteiger partial charge in [-0.2, -0.15) is 0 Å². The van der Waals surface area contributed by atoms with Crippen LogP contribution in [0.2, 0.25) is 0 Å². The van der Waals surface area contributed by atoms with Crippen LogP contribution in [0.1, 0.15) is 52.5 Å². The minimum Gasteiger partial charge on any atom is -0.376 e. The molecule has 2 unspecified atom stereocenters. The van der Waals surface area contributed by atoms with Crippen molar-refractivity contribution in [3.63, 3.8) is 0 Å². The van der Waals surface area contributed by atoms with Crippen molar-refractivity contribution < 1.29 is 4.74 Å². The molecule has 0 amide bonds. The number of H-pyrrole nitrogens is 1. The van der Waals surface area contributed by atoms with Gasteiger partial charge in [0.05, 0.1) is 18.2 Å². The molecule has 1 aliphatic heterocycles. The molecule has 5 aromatic rings. The summed E-state index contributed by atoms with van der Waals surface area (Å²) in [6.07, 6.45) is 5.66. The molecule has 2 aromatic carbocycles. The van der Waals surface area contributed by atoms with Gasteiger partial charge in [0.2, 0.25) is 0 Å². The van der Waals surface area contributed by atoms with Crippen LogP contribution in [0.25, 0.3) is 10.9 Å². The predicted molar refractivity (Wildman–Crippen MR) is 153 cm³/mol. The average molecular weight is 536 g/mol. The minimum absolute atomic E-state index is 0.0454. The highest BCUT2D eigenvalue weighted by atomic mass is 16.5. The van der Waals surface area contributed by atoms with E-state index in [1.807, 2.05) is 48.1 Å². The van der Waals surface area contributed by atoms with E-state index in [9.17, 15) is 4.79 Å². The van der Waals surface area contributed by atoms with E-state index in [0.717, 1.165) is 52.6 Å². The van der Waals surface area contributed by atoms with Crippen molar-refractivity contribution in [3.05, 3.63) is 117 Å². The maximum absolute atomic E-state index is 13.9. The van der Waals surface area contributed by atoms with Crippen molar-refractivity contribution in [1.29, 1.82) is 0 Å². The maximum Gasteiger partial charge on any atom is 0.253 e. The molecule has 9 nitrogen and oxygen atoms in total. The van der Waals surface area contributed by atoms with Gasteiger partial charge >= 0.3 is 0 Å². The number of pyridine rings is 2. The van der Waals surface area contributed by atoms with Gasteiger partial charge in [-0.1, -0.05) is 48.0 Å². The van der Waals surface area contributed by atoms with Gasteiger partial charge in [0.15, 0.2) is 5.82 Å². The van der Waals surface area contributed by atoms with Gasteiger partial charge < -0.3 is 9.72 Å². The number of fused-ring (bicyclic) bond motifs is 1. The van der Waals surface area contributed by atoms with Crippen molar-refractivity contribution in [2.45, 2.75) is 58.5 Å². The SMILES string of the molecule is Cc1cc(C)c2[nH]c(=O)c(C(c3nnnn3CC3CCCO3)N(Cc3ccccc3)Cc3cccnc3)cc2c1. The third-order valence-electron chi connectivity index (χ3n) is 7.52. The number of ether oxygens (including phenoxy) is 1. The summed E-state index contributed by atoms with van der Waals surface area (Å²) in [6, 6.07) is 19.9. The van der Waals surface area contributed by atoms with Gasteiger partial charge in [-0.3, -0.25) is 14.7 Å². The number of aryl methyl sites for hydroxylation is 2. The first-order chi connectivity index (χ1) is 19.5. The molecular weight excluding hydrogens is 502 g/mol. The van der Waals surface area contributed by atoms with Crippen LogP contribution in [0.4, 0.5) is 0 Å². The number of rotatable bonds is 9. The van der Waals surface area contributed by atoms with Gasteiger partial charge in [-0.05, 0) is 77.4 Å². The Morgan fingerprint density at radius 2 is 1.90 bits per heavy atom. The third kappa shape index (κ3) is 5.57. The smallest absolute Gasteiger partial charge is 0.253 e. The molecule has 1 N–H and O–H groups in total. The van der Waals surface area contributed by atoms with Gasteiger partial charge in [0, 0.05) is 37.7 Å². The standard InChI is InChI=1S/C31H33N7O2/c1-21-14-22(2)28-25(15-21)16-27(31(39)33-28)29(30-34-35-36-38(30)20-26-11-7-13-40-26)37(18-23-8-4-3-5-9-23)19-24-10-6-12-32-17-24/h3-6,8-10,12,14-17,26,29H,7,11,13,18-20H2,1-2H3,(H,33,39). The molecule has 0 saturated carbocycles. The third-order valence-corrected chi connectivity index (χ3v) is 7.52. The molecule has 3 aromatic heterocycles. The number of hydrogen-bond donors (Lipinski definition) is 1. The van der Waals surface area contributed by atoms with Gasteiger partial charge in [-0.15, -0.1) is 5.10 Å². The first-order valence-electron chi connectivity index (χ1n) is 13.7. The molecule has 0 bridgehead atoms. The monoisotopic (exact) mass is 535 g/mol. The Balaban J connectivity index is 1.52. The normalized spacial score (nSPS) is 16.1. The number of hydrogen-bond acceptors (Lipinski definition) is 7. The molecule has 0 spiro atoms. The molecule has 6 rings (SSSR count). The Kier molecular flexibility index (Phi) is 7.48. The predicted octanol–water partition coefficient (Wildman–Crippen LogP) is 4.50. The number of nitrogens with one attached hydrogen (secondary N) is 1. The summed E-state index contributed by atoms with van der Waals surface area (Å²) in [5.74, 6) is 0.615. The lowest BCUT2D eigenvalue weighted by Crippen LogP contribution is -2.35. The molecule has 0 radical (unpaired) electrons. The second kappa shape index (κ2) is 11.5. The van der Waals surface area contributed by atoms with E-state index in [0.29, 0.717) is 31.0 Å². The van der Waals surface area contributed by atoms with Crippen LogP contribution in [-0.2, 0) is 24.4 Å². The fraction of sp³-hybridized carbons (Fsp3) is 0.323. The molecule has 4 heterocycles. The Labute approximate surface area is 232 Å². The van der Waals surface area contributed by atoms with E-state index in [-0.39, 0.29) is 11.7 Å². The molecule has 0 aliphatic carbocycles. The maximum atomic E-state index is 13.9. The lowest BCUT2D eigenvalue weighted by Gasteiger charge is -2.31. The zero-order valence-electron chi connectivity index (χ0n) is 22.8. The van der Waals surface area contributed by atoms with Crippen LogP contribution in [0.15, 0.2) is 77.9 Å². The van der Waals surface area contributed by atoms with Crippen LogP contribution >= 0.6 is 0 Å². The van der Waals surface area contributed by atoms with Crippen LogP contribution in [0.3, 0.4) is 0 Å². The molecule has 9 heteroatoms. The van der Waals surface area contributed by atoms with Gasteiger partial charge in [0.1, 0.15) is 6.04 Å². The lowest BCUT2D eigenvalue weighted by molar-refractivity contribution is 0.0903. The minimum atomic E-state index is -0.522. The fourth-order valence-corrected chi connectivity index (χ4v) is 5.71. The first kappa shape index (κ1) is 26.0. The molecule has 1 aliphatic rings. The summed E-state index contributed by atoms with van der Waals surface area (Å²) in [6.45, 7) is 6.50. The van der Waals surface area contributed by atoms with E-state index < -0.39 is 6.04 Å². The average Bonchev–Trinajstić information content (AvgIpc) is 3.64. The highest BCUT2D eigenvalue weighted by Gasteiger charge is 2.32. The number of aromatic amines is 1. The Morgan fingerprint density at radius 3 is 2.67 bits per heavy atom. The molecule has 1 saturated heterocycles. The van der Waals surface area contributed by atoms with Crippen LogP contribution < -0.4 is 5.56 Å². The molecule has 1 fully saturated rings. The van der Waals surface area contributed by atoms with E-state index in [1.54, 1.807) is 6.20 Å². The van der Waals surface area contributed by atoms with Gasteiger partial charge in [-0.25, -0.2) is 4.68 Å². The first-order valence-corrected chi connectivity index (χ1v) is 13.7.